The van der Waals surface area contributed by atoms with Crippen molar-refractivity contribution in [3.63, 3.8) is 0 Å². The molecule has 202 valence electrons. The second-order valence-corrected chi connectivity index (χ2v) is 9.98. The van der Waals surface area contributed by atoms with E-state index < -0.39 is 12.2 Å². The number of nitrogens with zero attached hydrogens (tertiary/aromatic N) is 8. The standard InChI is InChI=1S/C22H22F2IN12OP/c1-10-14(8-26)31-16(9-29-10)32-15-7-13(17-21(33-15)37(39-25)22(34-17)19(23)24)30-12-6-4-5-11(18(12)38-3)20(27)35-36(2)28/h4-7,9,19,39H,28H2,1-3H3,(H2,27,35)(H2,30,31,32,33). The van der Waals surface area contributed by atoms with Gasteiger partial charge in [-0.25, -0.2) is 34.7 Å². The van der Waals surface area contributed by atoms with Gasteiger partial charge in [-0.15, -0.1) is 5.10 Å². The van der Waals surface area contributed by atoms with Crippen LogP contribution in [0.2, 0.25) is 0 Å². The van der Waals surface area contributed by atoms with Crippen LogP contribution in [0.5, 0.6) is 5.75 Å². The summed E-state index contributed by atoms with van der Waals surface area (Å²) in [7, 11) is 2.98. The number of pyridine rings is 1. The Labute approximate surface area is 236 Å². The number of nitrogens with one attached hydrogen (secondary N) is 2. The average Bonchev–Trinajstić information content (AvgIpc) is 3.28. The van der Waals surface area contributed by atoms with Gasteiger partial charge >= 0.3 is 0 Å². The maximum absolute atomic E-state index is 13.9. The summed E-state index contributed by atoms with van der Waals surface area (Å²) in [5.74, 6) is 6.13. The van der Waals surface area contributed by atoms with Crippen LogP contribution in [0, 0.1) is 18.3 Å². The van der Waals surface area contributed by atoms with E-state index >= 15 is 0 Å². The molecule has 0 radical (unpaired) electrons. The highest BCUT2D eigenvalue weighted by Crippen LogP contribution is 2.40. The highest BCUT2D eigenvalue weighted by molar-refractivity contribution is 14.2. The first kappa shape index (κ1) is 28.1. The van der Waals surface area contributed by atoms with Crippen LogP contribution in [-0.4, -0.2) is 49.4 Å². The van der Waals surface area contributed by atoms with E-state index in [2.05, 4.69) is 35.7 Å². The zero-order valence-electron chi connectivity index (χ0n) is 20.7. The molecule has 4 rings (SSSR count). The molecule has 1 unspecified atom stereocenters. The van der Waals surface area contributed by atoms with Crippen LogP contribution in [-0.2, 0) is 0 Å². The predicted octanol–water partition coefficient (Wildman–Crippen LogP) is 4.05. The van der Waals surface area contributed by atoms with Gasteiger partial charge in [0.2, 0.25) is 0 Å². The second kappa shape index (κ2) is 11.8. The van der Waals surface area contributed by atoms with Gasteiger partial charge in [-0.3, -0.25) is 9.32 Å². The Morgan fingerprint density at radius 2 is 2.03 bits per heavy atom. The number of hydrogen-bond acceptors (Lipinski definition) is 11. The van der Waals surface area contributed by atoms with Crippen molar-refractivity contribution in [3.05, 3.63) is 53.2 Å². The predicted molar refractivity (Wildman–Crippen MR) is 154 cm³/mol. The van der Waals surface area contributed by atoms with Crippen LogP contribution >= 0.6 is 28.4 Å². The number of fused-ring (bicyclic) bond motifs is 1. The minimum Gasteiger partial charge on any atom is -0.494 e. The van der Waals surface area contributed by atoms with E-state index in [4.69, 9.17) is 16.3 Å². The van der Waals surface area contributed by atoms with E-state index in [1.54, 1.807) is 31.2 Å². The SMILES string of the molecule is COc1c(Nc2cc(Nc3cnc(C)c(C#N)n3)nc3c2nc(C(F)F)n3PI)cccc1/C(N)=N/N(C)N. The fourth-order valence-corrected chi connectivity index (χ4v) is 5.52. The molecule has 0 amide bonds. The molecule has 13 nitrogen and oxygen atoms in total. The number of imidazole rings is 1. The zero-order chi connectivity index (χ0) is 28.3. The summed E-state index contributed by atoms with van der Waals surface area (Å²) in [5, 5.41) is 20.6. The molecule has 6 N–H and O–H groups in total. The lowest BCUT2D eigenvalue weighted by Gasteiger charge is -2.16. The smallest absolute Gasteiger partial charge is 0.295 e. The van der Waals surface area contributed by atoms with Crippen LogP contribution in [0.4, 0.5) is 31.8 Å². The summed E-state index contributed by atoms with van der Waals surface area (Å²) in [5.41, 5.74) is 8.40. The number of anilines is 4. The van der Waals surface area contributed by atoms with Crippen molar-refractivity contribution in [2.45, 2.75) is 13.3 Å². The minimum atomic E-state index is -2.82. The third-order valence-electron chi connectivity index (χ3n) is 5.27. The number of aromatic nitrogens is 5. The second-order valence-electron chi connectivity index (χ2n) is 7.91. The molecule has 0 bridgehead atoms. The van der Waals surface area contributed by atoms with E-state index in [1.807, 2.05) is 28.1 Å². The number of halogens is 3. The first-order valence-electron chi connectivity index (χ1n) is 11.0. The highest BCUT2D eigenvalue weighted by atomic mass is 127. The monoisotopic (exact) mass is 666 g/mol. The van der Waals surface area contributed by atoms with E-state index in [-0.39, 0.29) is 40.7 Å². The number of amidine groups is 1. The molecule has 0 saturated carbocycles. The molecule has 3 aromatic heterocycles. The lowest BCUT2D eigenvalue weighted by molar-refractivity contribution is 0.140. The normalized spacial score (nSPS) is 11.8. The van der Waals surface area contributed by atoms with Crippen molar-refractivity contribution < 1.29 is 13.5 Å². The molecule has 0 saturated heterocycles. The summed E-state index contributed by atoms with van der Waals surface area (Å²) in [4.78, 5) is 17.1. The van der Waals surface area contributed by atoms with Crippen LogP contribution in [0.15, 0.2) is 35.6 Å². The Kier molecular flexibility index (Phi) is 8.53. The summed E-state index contributed by atoms with van der Waals surface area (Å²) in [6, 6.07) is 8.70. The molecular formula is C22H22F2IN12OP. The van der Waals surface area contributed by atoms with Crippen molar-refractivity contribution in [2.75, 3.05) is 24.8 Å². The van der Waals surface area contributed by atoms with Crippen LogP contribution < -0.4 is 26.9 Å². The number of hydrazone groups is 1. The summed E-state index contributed by atoms with van der Waals surface area (Å²) in [6.45, 7) is 1.66. The molecule has 4 aromatic rings. The molecule has 0 fully saturated rings. The first-order chi connectivity index (χ1) is 18.7. The molecular weight excluding hydrogens is 644 g/mol. The number of hydrazine groups is 1. The lowest BCUT2D eigenvalue weighted by Crippen LogP contribution is -2.26. The van der Waals surface area contributed by atoms with Crippen molar-refractivity contribution in [1.29, 1.82) is 5.26 Å². The number of hydrogen-bond donors (Lipinski definition) is 4. The third kappa shape index (κ3) is 5.90. The van der Waals surface area contributed by atoms with Gasteiger partial charge in [0.15, 0.2) is 34.6 Å². The van der Waals surface area contributed by atoms with Gasteiger partial charge in [0.25, 0.3) is 6.43 Å². The molecule has 1 aromatic carbocycles. The van der Waals surface area contributed by atoms with Crippen LogP contribution in [0.25, 0.3) is 11.2 Å². The Morgan fingerprint density at radius 3 is 2.67 bits per heavy atom. The summed E-state index contributed by atoms with van der Waals surface area (Å²) >= 11 is 1.99. The quantitative estimate of drug-likeness (QED) is 0.0505. The fraction of sp³-hybridized carbons (Fsp3) is 0.182. The number of methoxy groups -OCH3 is 1. The zero-order valence-corrected chi connectivity index (χ0v) is 23.9. The number of para-hydroxylation sites is 1. The van der Waals surface area contributed by atoms with E-state index in [0.717, 1.165) is 5.12 Å². The van der Waals surface area contributed by atoms with E-state index in [0.29, 0.717) is 28.4 Å². The number of nitrogens with two attached hydrogens (primary N) is 2. The summed E-state index contributed by atoms with van der Waals surface area (Å²) < 4.78 is 34.7. The molecule has 39 heavy (non-hydrogen) atoms. The van der Waals surface area contributed by atoms with Gasteiger partial charge in [-0.05, 0) is 41.1 Å². The topological polar surface area (TPSA) is 181 Å². The van der Waals surface area contributed by atoms with Crippen molar-refractivity contribution >= 4 is 68.4 Å². The number of alkyl halides is 2. The van der Waals surface area contributed by atoms with Crippen LogP contribution in [0.1, 0.15) is 29.2 Å². The Balaban J connectivity index is 1.88. The highest BCUT2D eigenvalue weighted by Gasteiger charge is 2.23. The number of rotatable bonds is 9. The summed E-state index contributed by atoms with van der Waals surface area (Å²) in [6.07, 6.45) is -1.48. The average molecular weight is 666 g/mol. The van der Waals surface area contributed by atoms with Crippen molar-refractivity contribution in [1.82, 2.24) is 29.4 Å². The number of aryl methyl sites for hydroxylation is 1. The Hall–Kier alpha value is -3.94. The van der Waals surface area contributed by atoms with Crippen molar-refractivity contribution in [2.24, 2.45) is 16.7 Å². The van der Waals surface area contributed by atoms with Gasteiger partial charge in [-0.2, -0.15) is 5.26 Å². The Bertz CT molecular complexity index is 1600. The first-order valence-corrected chi connectivity index (χ1v) is 15.1. The third-order valence-corrected chi connectivity index (χ3v) is 7.33. The maximum Gasteiger partial charge on any atom is 0.295 e. The molecule has 17 heteroatoms. The molecule has 0 aliphatic rings. The fourth-order valence-electron chi connectivity index (χ4n) is 3.63. The van der Waals surface area contributed by atoms with Gasteiger partial charge in [0, 0.05) is 13.1 Å². The molecule has 1 atom stereocenters. The largest absolute Gasteiger partial charge is 0.494 e. The maximum atomic E-state index is 13.9. The molecule has 0 aliphatic carbocycles. The molecule has 0 aliphatic heterocycles. The molecule has 0 spiro atoms. The van der Waals surface area contributed by atoms with Gasteiger partial charge in [-0.1, -0.05) is 6.07 Å². The van der Waals surface area contributed by atoms with Gasteiger partial charge in [0.05, 0.1) is 42.3 Å². The number of nitriles is 1. The number of ether oxygens (including phenoxy) is 1. The molecule has 3 heterocycles. The van der Waals surface area contributed by atoms with Crippen molar-refractivity contribution in [3.8, 4) is 11.8 Å². The van der Waals surface area contributed by atoms with Gasteiger partial charge < -0.3 is 21.1 Å². The minimum absolute atomic E-state index is 0.101. The van der Waals surface area contributed by atoms with E-state index in [1.165, 1.54) is 24.7 Å². The lowest BCUT2D eigenvalue weighted by atomic mass is 10.1. The van der Waals surface area contributed by atoms with Crippen LogP contribution in [0.3, 0.4) is 0 Å². The van der Waals surface area contributed by atoms with E-state index in [9.17, 15) is 14.0 Å². The van der Waals surface area contributed by atoms with Gasteiger partial charge in [0.1, 0.15) is 17.4 Å². The Morgan fingerprint density at radius 1 is 1.26 bits per heavy atom. The number of benzene rings is 1.